The Hall–Kier alpha value is -3.08. The number of para-hydroxylation sites is 2. The second-order valence-corrected chi connectivity index (χ2v) is 7.23. The van der Waals surface area contributed by atoms with Crippen LogP contribution in [0.5, 0.6) is 0 Å². The molecule has 0 saturated carbocycles. The van der Waals surface area contributed by atoms with Gasteiger partial charge in [-0.3, -0.25) is 4.57 Å². The molecule has 0 spiro atoms. The third kappa shape index (κ3) is 2.99. The average molecular weight is 361 g/mol. The van der Waals surface area contributed by atoms with E-state index in [-0.39, 0.29) is 18.1 Å². The molecule has 0 bridgehead atoms. The van der Waals surface area contributed by atoms with Gasteiger partial charge in [0.25, 0.3) is 0 Å². The van der Waals surface area contributed by atoms with E-state index < -0.39 is 0 Å². The predicted molar refractivity (Wildman–Crippen MR) is 107 cm³/mol. The number of nitrogens with zero attached hydrogens (tertiary/aromatic N) is 2. The molecule has 2 heterocycles. The number of ether oxygens (including phenoxy) is 1. The largest absolute Gasteiger partial charge is 0.459 e. The monoisotopic (exact) mass is 361 g/mol. The lowest BCUT2D eigenvalue weighted by Crippen LogP contribution is -2.29. The van der Waals surface area contributed by atoms with Crippen LogP contribution in [0.2, 0.25) is 0 Å². The fourth-order valence-corrected chi connectivity index (χ4v) is 3.57. The van der Waals surface area contributed by atoms with Crippen LogP contribution in [0.25, 0.3) is 11.0 Å². The van der Waals surface area contributed by atoms with E-state index in [0.29, 0.717) is 5.57 Å². The fraction of sp³-hybridized carbons (Fsp3) is 0.273. The van der Waals surface area contributed by atoms with Gasteiger partial charge in [-0.05, 0) is 45.4 Å². The Labute approximate surface area is 158 Å². The minimum Gasteiger partial charge on any atom is -0.459 e. The maximum absolute atomic E-state index is 13.0. The van der Waals surface area contributed by atoms with E-state index in [4.69, 9.17) is 9.72 Å². The number of anilines is 1. The third-order valence-electron chi connectivity index (χ3n) is 4.79. The molecule has 5 heteroatoms. The van der Waals surface area contributed by atoms with Crippen molar-refractivity contribution < 1.29 is 9.53 Å². The lowest BCUT2D eigenvalue weighted by Gasteiger charge is -2.30. The van der Waals surface area contributed by atoms with Crippen LogP contribution in [0, 0.1) is 6.92 Å². The molecule has 0 fully saturated rings. The molecule has 0 unspecified atom stereocenters. The zero-order valence-electron chi connectivity index (χ0n) is 16.0. The highest BCUT2D eigenvalue weighted by molar-refractivity contribution is 5.94. The minimum atomic E-state index is -0.302. The van der Waals surface area contributed by atoms with E-state index in [1.807, 2.05) is 45.0 Å². The van der Waals surface area contributed by atoms with Crippen molar-refractivity contribution in [3.8, 4) is 0 Å². The second kappa shape index (κ2) is 6.58. The first-order valence-corrected chi connectivity index (χ1v) is 9.18. The number of carbonyl (C=O) groups is 1. The number of hydrogen-bond acceptors (Lipinski definition) is 4. The predicted octanol–water partition coefficient (Wildman–Crippen LogP) is 4.59. The van der Waals surface area contributed by atoms with Gasteiger partial charge in [0.05, 0.1) is 28.8 Å². The van der Waals surface area contributed by atoms with Crippen molar-refractivity contribution in [3.63, 3.8) is 0 Å². The number of benzene rings is 2. The molecule has 1 atom stereocenters. The Morgan fingerprint density at radius 2 is 1.81 bits per heavy atom. The summed E-state index contributed by atoms with van der Waals surface area (Å²) in [6.07, 6.45) is -0.183. The number of nitrogens with one attached hydrogen (secondary N) is 1. The van der Waals surface area contributed by atoms with Crippen molar-refractivity contribution in [1.82, 2.24) is 9.55 Å². The molecule has 5 nitrogen and oxygen atoms in total. The molecule has 1 aromatic heterocycles. The summed E-state index contributed by atoms with van der Waals surface area (Å²) < 4.78 is 7.66. The molecule has 1 aliphatic heterocycles. The lowest BCUT2D eigenvalue weighted by atomic mass is 9.94. The maximum Gasteiger partial charge on any atom is 0.338 e. The van der Waals surface area contributed by atoms with Crippen LogP contribution in [-0.4, -0.2) is 21.6 Å². The number of carbonyl (C=O) groups excluding carboxylic acids is 1. The molecule has 4 rings (SSSR count). The Kier molecular flexibility index (Phi) is 4.22. The van der Waals surface area contributed by atoms with Gasteiger partial charge in [0, 0.05) is 5.70 Å². The molecular weight excluding hydrogens is 338 g/mol. The van der Waals surface area contributed by atoms with Crippen LogP contribution in [0.3, 0.4) is 0 Å². The smallest absolute Gasteiger partial charge is 0.338 e. The van der Waals surface area contributed by atoms with Gasteiger partial charge >= 0.3 is 5.97 Å². The Morgan fingerprint density at radius 1 is 1.11 bits per heavy atom. The van der Waals surface area contributed by atoms with Crippen molar-refractivity contribution in [2.75, 3.05) is 5.32 Å². The molecule has 0 radical (unpaired) electrons. The lowest BCUT2D eigenvalue weighted by molar-refractivity contribution is -0.143. The van der Waals surface area contributed by atoms with E-state index in [9.17, 15) is 4.79 Å². The summed E-state index contributed by atoms with van der Waals surface area (Å²) in [5, 5.41) is 3.30. The number of allylic oxidation sites excluding steroid dienone is 1. The summed E-state index contributed by atoms with van der Waals surface area (Å²) in [5.41, 5.74) is 5.46. The third-order valence-corrected chi connectivity index (χ3v) is 4.79. The maximum atomic E-state index is 13.0. The van der Waals surface area contributed by atoms with Crippen LogP contribution in [0.4, 0.5) is 5.95 Å². The van der Waals surface area contributed by atoms with Gasteiger partial charge in [0.15, 0.2) is 0 Å². The first kappa shape index (κ1) is 17.3. The molecule has 0 aliphatic carbocycles. The fourth-order valence-electron chi connectivity index (χ4n) is 3.57. The van der Waals surface area contributed by atoms with Crippen LogP contribution >= 0.6 is 0 Å². The molecule has 2 aromatic carbocycles. The van der Waals surface area contributed by atoms with E-state index in [0.717, 1.165) is 28.2 Å². The highest BCUT2D eigenvalue weighted by atomic mass is 16.5. The van der Waals surface area contributed by atoms with Crippen molar-refractivity contribution in [3.05, 3.63) is 70.9 Å². The second-order valence-electron chi connectivity index (χ2n) is 7.23. The van der Waals surface area contributed by atoms with Gasteiger partial charge in [0.2, 0.25) is 5.95 Å². The van der Waals surface area contributed by atoms with Crippen molar-refractivity contribution in [2.24, 2.45) is 0 Å². The van der Waals surface area contributed by atoms with Crippen LogP contribution < -0.4 is 5.32 Å². The summed E-state index contributed by atoms with van der Waals surface area (Å²) in [6, 6.07) is 15.9. The number of esters is 1. The van der Waals surface area contributed by atoms with Crippen LogP contribution in [0.15, 0.2) is 59.8 Å². The zero-order chi connectivity index (χ0) is 19.1. The molecule has 3 aromatic rings. The van der Waals surface area contributed by atoms with Gasteiger partial charge in [0.1, 0.15) is 0 Å². The Bertz CT molecular complexity index is 1050. The Balaban J connectivity index is 1.95. The van der Waals surface area contributed by atoms with Gasteiger partial charge in [-0.15, -0.1) is 0 Å². The number of aryl methyl sites for hydroxylation is 1. The van der Waals surface area contributed by atoms with Gasteiger partial charge in [-0.1, -0.05) is 42.0 Å². The molecule has 1 aliphatic rings. The minimum absolute atomic E-state index is 0.183. The van der Waals surface area contributed by atoms with E-state index in [1.165, 1.54) is 5.56 Å². The molecule has 27 heavy (non-hydrogen) atoms. The molecule has 1 N–H and O–H groups in total. The summed E-state index contributed by atoms with van der Waals surface area (Å²) in [6.45, 7) is 7.69. The molecule has 0 saturated heterocycles. The first-order valence-electron chi connectivity index (χ1n) is 9.18. The summed E-state index contributed by atoms with van der Waals surface area (Å²) in [7, 11) is 0. The van der Waals surface area contributed by atoms with Gasteiger partial charge in [-0.25, -0.2) is 9.78 Å². The molecule has 0 amide bonds. The average Bonchev–Trinajstić information content (AvgIpc) is 2.98. The van der Waals surface area contributed by atoms with E-state index in [1.54, 1.807) is 0 Å². The summed E-state index contributed by atoms with van der Waals surface area (Å²) in [5.74, 6) is 0.435. The quantitative estimate of drug-likeness (QED) is 0.694. The number of hydrogen-bond donors (Lipinski definition) is 1. The topological polar surface area (TPSA) is 56.2 Å². The van der Waals surface area contributed by atoms with Crippen LogP contribution in [0.1, 0.15) is 37.9 Å². The first-order chi connectivity index (χ1) is 13.0. The SMILES string of the molecule is CC1=C(C(=O)OC(C)C)[C@H](c2ccc(C)cc2)n2c(nc3ccccc32)N1. The number of aromatic nitrogens is 2. The zero-order valence-corrected chi connectivity index (χ0v) is 16.0. The number of imidazole rings is 1. The Morgan fingerprint density at radius 3 is 2.52 bits per heavy atom. The normalized spacial score (nSPS) is 16.4. The molecule has 138 valence electrons. The molecular formula is C22H23N3O2. The van der Waals surface area contributed by atoms with Gasteiger partial charge in [-0.2, -0.15) is 0 Å². The number of rotatable bonds is 3. The highest BCUT2D eigenvalue weighted by Gasteiger charge is 2.35. The summed E-state index contributed by atoms with van der Waals surface area (Å²) in [4.78, 5) is 17.7. The van der Waals surface area contributed by atoms with E-state index >= 15 is 0 Å². The number of fused-ring (bicyclic) bond motifs is 3. The van der Waals surface area contributed by atoms with Crippen LogP contribution in [-0.2, 0) is 9.53 Å². The van der Waals surface area contributed by atoms with Gasteiger partial charge < -0.3 is 10.1 Å². The van der Waals surface area contributed by atoms with Crippen molar-refractivity contribution in [1.29, 1.82) is 0 Å². The summed E-state index contributed by atoms with van der Waals surface area (Å²) >= 11 is 0. The van der Waals surface area contributed by atoms with Crippen molar-refractivity contribution in [2.45, 2.75) is 39.8 Å². The van der Waals surface area contributed by atoms with E-state index in [2.05, 4.69) is 41.1 Å². The standard InChI is InChI=1S/C22H23N3O2/c1-13(2)27-21(26)19-15(4)23-22-24-17-7-5-6-8-18(17)25(22)20(19)16-11-9-14(3)10-12-16/h5-13,20H,1-4H3,(H,23,24)/t20-/m0/s1. The highest BCUT2D eigenvalue weighted by Crippen LogP contribution is 2.39. The van der Waals surface area contributed by atoms with Crippen molar-refractivity contribution >= 4 is 23.0 Å².